The number of oxazole rings is 1. The summed E-state index contributed by atoms with van der Waals surface area (Å²) in [5.41, 5.74) is 3.58. The van der Waals surface area contributed by atoms with Crippen molar-refractivity contribution >= 4 is 35.0 Å². The number of benzene rings is 2. The summed E-state index contributed by atoms with van der Waals surface area (Å²) in [6.45, 7) is 1.22. The van der Waals surface area contributed by atoms with Gasteiger partial charge in [-0.25, -0.2) is 4.98 Å². The van der Waals surface area contributed by atoms with E-state index in [1.807, 2.05) is 24.3 Å². The largest absolute Gasteiger partial charge is 0.436 e. The highest BCUT2D eigenvalue weighted by molar-refractivity contribution is 5.96. The van der Waals surface area contributed by atoms with E-state index in [0.717, 1.165) is 36.8 Å². The second-order valence-corrected chi connectivity index (χ2v) is 12.7. The molecule has 258 valence electrons. The van der Waals surface area contributed by atoms with Gasteiger partial charge in [-0.2, -0.15) is 0 Å². The molecular weight excluding hydrogens is 646 g/mol. The lowest BCUT2D eigenvalue weighted by Gasteiger charge is -2.24. The van der Waals surface area contributed by atoms with E-state index in [4.69, 9.17) is 4.42 Å². The molecule has 0 aliphatic carbocycles. The lowest BCUT2D eigenvalue weighted by Crippen LogP contribution is -2.38. The molecule has 0 radical (unpaired) electrons. The number of rotatable bonds is 10. The van der Waals surface area contributed by atoms with E-state index in [1.54, 1.807) is 89.1 Å². The summed E-state index contributed by atoms with van der Waals surface area (Å²) in [5.74, 6) is 0.368. The zero-order valence-corrected chi connectivity index (χ0v) is 27.9. The molecule has 51 heavy (non-hydrogen) atoms. The molecule has 12 nitrogen and oxygen atoms in total. The SMILES string of the molecule is O=C(C[C@@H]1CCCN1C(=O)c1ccccn1)Nc1ccc(-c2cnc(-c3ccc(NC(=O)C[C@@H]4CCCN4C(=O)c4ccccn4)cc3)o2)cc1. The predicted octanol–water partition coefficient (Wildman–Crippen LogP) is 6.07. The molecule has 2 aliphatic heterocycles. The number of nitrogens with one attached hydrogen (secondary N) is 2. The first-order chi connectivity index (χ1) is 24.9. The fraction of sp³-hybridized carbons (Fsp3) is 0.256. The molecular formula is C39H37N7O5. The molecule has 12 heteroatoms. The maximum absolute atomic E-state index is 12.9. The number of hydrogen-bond donors (Lipinski definition) is 2. The Hall–Kier alpha value is -6.17. The quantitative estimate of drug-likeness (QED) is 0.180. The summed E-state index contributed by atoms with van der Waals surface area (Å²) >= 11 is 0. The molecule has 5 heterocycles. The van der Waals surface area contributed by atoms with E-state index >= 15 is 0 Å². The molecule has 0 saturated carbocycles. The van der Waals surface area contributed by atoms with Gasteiger partial charge in [0.2, 0.25) is 17.7 Å². The van der Waals surface area contributed by atoms with E-state index in [2.05, 4.69) is 25.6 Å². The first-order valence-electron chi connectivity index (χ1n) is 17.1. The van der Waals surface area contributed by atoms with Crippen LogP contribution in [0.1, 0.15) is 59.5 Å². The van der Waals surface area contributed by atoms with Gasteiger partial charge in [0.25, 0.3) is 11.8 Å². The monoisotopic (exact) mass is 683 g/mol. The topological polar surface area (TPSA) is 151 Å². The Kier molecular flexibility index (Phi) is 9.91. The van der Waals surface area contributed by atoms with Crippen LogP contribution in [0.15, 0.2) is 108 Å². The molecule has 5 aromatic rings. The average molecular weight is 684 g/mol. The highest BCUT2D eigenvalue weighted by Crippen LogP contribution is 2.29. The maximum atomic E-state index is 12.9. The standard InChI is InChI=1S/C39H37N7O5/c47-35(23-30-7-5-21-45(30)38(49)32-9-1-3-19-40-32)43-28-15-11-26(12-16-28)34-25-42-37(51-34)27-13-17-29(18-14-27)44-36(48)24-31-8-6-22-46(31)39(50)33-10-2-4-20-41-33/h1-4,9-20,25,30-31H,5-8,21-24H2,(H,43,47)(H,44,48)/t30-,31-/m0/s1. The highest BCUT2D eigenvalue weighted by atomic mass is 16.4. The highest BCUT2D eigenvalue weighted by Gasteiger charge is 2.32. The van der Waals surface area contributed by atoms with Crippen molar-refractivity contribution in [1.29, 1.82) is 0 Å². The Morgan fingerprint density at radius 2 is 1.12 bits per heavy atom. The third-order valence-corrected chi connectivity index (χ3v) is 9.26. The number of hydrogen-bond acceptors (Lipinski definition) is 8. The minimum Gasteiger partial charge on any atom is -0.436 e. The summed E-state index contributed by atoms with van der Waals surface area (Å²) < 4.78 is 6.05. The van der Waals surface area contributed by atoms with Crippen LogP contribution in [0.4, 0.5) is 11.4 Å². The Labute approximate surface area is 294 Å². The second-order valence-electron chi connectivity index (χ2n) is 12.7. The summed E-state index contributed by atoms with van der Waals surface area (Å²) in [6, 6.07) is 24.7. The summed E-state index contributed by atoms with van der Waals surface area (Å²) in [5, 5.41) is 5.88. The summed E-state index contributed by atoms with van der Waals surface area (Å²) in [7, 11) is 0. The molecule has 3 aromatic heterocycles. The van der Waals surface area contributed by atoms with Gasteiger partial charge in [-0.15, -0.1) is 0 Å². The fourth-order valence-corrected chi connectivity index (χ4v) is 6.71. The van der Waals surface area contributed by atoms with Crippen molar-refractivity contribution in [3.63, 3.8) is 0 Å². The van der Waals surface area contributed by atoms with Crippen LogP contribution in [0.5, 0.6) is 0 Å². The van der Waals surface area contributed by atoms with Gasteiger partial charge < -0.3 is 24.9 Å². The first-order valence-corrected chi connectivity index (χ1v) is 17.1. The molecule has 2 aliphatic rings. The number of amides is 4. The summed E-state index contributed by atoms with van der Waals surface area (Å²) in [4.78, 5) is 67.9. The third kappa shape index (κ3) is 7.85. The number of carbonyl (C=O) groups excluding carboxylic acids is 4. The summed E-state index contributed by atoms with van der Waals surface area (Å²) in [6.07, 6.45) is 8.49. The van der Waals surface area contributed by atoms with Crippen molar-refractivity contribution in [2.24, 2.45) is 0 Å². The molecule has 2 N–H and O–H groups in total. The van der Waals surface area contributed by atoms with Crippen LogP contribution in [0.25, 0.3) is 22.8 Å². The molecule has 0 unspecified atom stereocenters. The lowest BCUT2D eigenvalue weighted by atomic mass is 10.1. The number of aromatic nitrogens is 3. The van der Waals surface area contributed by atoms with Gasteiger partial charge in [0.1, 0.15) is 11.4 Å². The molecule has 7 rings (SSSR count). The first kappa shape index (κ1) is 33.3. The Balaban J connectivity index is 0.906. The number of carbonyl (C=O) groups is 4. The zero-order valence-electron chi connectivity index (χ0n) is 27.9. The molecule has 0 spiro atoms. The van der Waals surface area contributed by atoms with Gasteiger partial charge in [-0.05, 0) is 98.5 Å². The molecule has 4 amide bonds. The number of anilines is 2. The Morgan fingerprint density at radius 3 is 1.59 bits per heavy atom. The van der Waals surface area contributed by atoms with Crippen LogP contribution < -0.4 is 10.6 Å². The van der Waals surface area contributed by atoms with Gasteiger partial charge in [-0.3, -0.25) is 29.1 Å². The third-order valence-electron chi connectivity index (χ3n) is 9.26. The molecule has 0 bridgehead atoms. The smallest absolute Gasteiger partial charge is 0.272 e. The van der Waals surface area contributed by atoms with Crippen molar-refractivity contribution in [3.05, 3.63) is 115 Å². The van der Waals surface area contributed by atoms with Gasteiger partial charge in [0.05, 0.1) is 6.20 Å². The van der Waals surface area contributed by atoms with Gasteiger partial charge in [0.15, 0.2) is 5.76 Å². The van der Waals surface area contributed by atoms with Gasteiger partial charge >= 0.3 is 0 Å². The van der Waals surface area contributed by atoms with Crippen LogP contribution in [0, 0.1) is 0 Å². The molecule has 2 fully saturated rings. The van der Waals surface area contributed by atoms with E-state index < -0.39 is 0 Å². The Bertz CT molecular complexity index is 1860. The van der Waals surface area contributed by atoms with Crippen molar-refractivity contribution in [2.45, 2.75) is 50.6 Å². The number of nitrogens with zero attached hydrogens (tertiary/aromatic N) is 5. The van der Waals surface area contributed by atoms with Crippen LogP contribution in [-0.2, 0) is 9.59 Å². The van der Waals surface area contributed by atoms with Gasteiger partial charge in [-0.1, -0.05) is 12.1 Å². The van der Waals surface area contributed by atoms with Crippen molar-refractivity contribution in [1.82, 2.24) is 24.8 Å². The van der Waals surface area contributed by atoms with E-state index in [1.165, 1.54) is 0 Å². The molecule has 2 aromatic carbocycles. The average Bonchev–Trinajstić information content (AvgIpc) is 3.95. The van der Waals surface area contributed by atoms with E-state index in [9.17, 15) is 19.2 Å². The minimum atomic E-state index is -0.173. The van der Waals surface area contributed by atoms with Crippen molar-refractivity contribution < 1.29 is 23.6 Å². The van der Waals surface area contributed by atoms with Crippen LogP contribution in [0.3, 0.4) is 0 Å². The van der Waals surface area contributed by atoms with Crippen LogP contribution >= 0.6 is 0 Å². The second kappa shape index (κ2) is 15.2. The predicted molar refractivity (Wildman–Crippen MR) is 190 cm³/mol. The lowest BCUT2D eigenvalue weighted by molar-refractivity contribution is -0.117. The van der Waals surface area contributed by atoms with Crippen molar-refractivity contribution in [3.8, 4) is 22.8 Å². The van der Waals surface area contributed by atoms with Crippen LogP contribution in [0.2, 0.25) is 0 Å². The Morgan fingerprint density at radius 1 is 0.627 bits per heavy atom. The molecule has 2 atom stereocenters. The molecule has 2 saturated heterocycles. The number of likely N-dealkylation sites (tertiary alicyclic amines) is 2. The normalized spacial score (nSPS) is 16.9. The fourth-order valence-electron chi connectivity index (χ4n) is 6.71. The van der Waals surface area contributed by atoms with Gasteiger partial charge in [0, 0.05) is 72.9 Å². The van der Waals surface area contributed by atoms with E-state index in [0.29, 0.717) is 47.5 Å². The number of pyridine rings is 2. The van der Waals surface area contributed by atoms with Crippen LogP contribution in [-0.4, -0.2) is 73.6 Å². The van der Waals surface area contributed by atoms with Crippen molar-refractivity contribution in [2.75, 3.05) is 23.7 Å². The van der Waals surface area contributed by atoms with E-state index in [-0.39, 0.29) is 48.6 Å². The minimum absolute atomic E-state index is 0.150. The zero-order chi connectivity index (χ0) is 35.2. The maximum Gasteiger partial charge on any atom is 0.272 e.